The Balaban J connectivity index is 1.91. The van der Waals surface area contributed by atoms with E-state index in [0.717, 1.165) is 0 Å². The fraction of sp³-hybridized carbons (Fsp3) is 0.118. The van der Waals surface area contributed by atoms with E-state index in [1.54, 1.807) is 42.5 Å². The van der Waals surface area contributed by atoms with Gasteiger partial charge in [0.05, 0.1) is 5.69 Å². The summed E-state index contributed by atoms with van der Waals surface area (Å²) in [6.45, 7) is 1.31. The molecule has 8 nitrogen and oxygen atoms in total. The van der Waals surface area contributed by atoms with Gasteiger partial charge in [-0.2, -0.15) is 15.2 Å². The zero-order valence-electron chi connectivity index (χ0n) is 13.3. The highest BCUT2D eigenvalue weighted by Crippen LogP contribution is 2.27. The number of para-hydroxylation sites is 2. The van der Waals surface area contributed by atoms with Gasteiger partial charge in [0.15, 0.2) is 5.84 Å². The monoisotopic (exact) mass is 337 g/mol. The van der Waals surface area contributed by atoms with Crippen molar-refractivity contribution in [2.24, 2.45) is 15.3 Å². The molecule has 0 saturated heterocycles. The van der Waals surface area contributed by atoms with Gasteiger partial charge < -0.3 is 10.4 Å². The third kappa shape index (κ3) is 3.52. The lowest BCUT2D eigenvalue weighted by atomic mass is 10.2. The summed E-state index contributed by atoms with van der Waals surface area (Å²) < 4.78 is 0. The first-order valence-electron chi connectivity index (χ1n) is 7.50. The molecule has 2 amide bonds. The van der Waals surface area contributed by atoms with E-state index in [4.69, 9.17) is 0 Å². The molecule has 3 rings (SSSR count). The maximum absolute atomic E-state index is 12.6. The fourth-order valence-corrected chi connectivity index (χ4v) is 2.25. The van der Waals surface area contributed by atoms with Gasteiger partial charge in [0, 0.05) is 6.92 Å². The summed E-state index contributed by atoms with van der Waals surface area (Å²) in [6, 6.07) is 14.1. The lowest BCUT2D eigenvalue weighted by Gasteiger charge is -2.11. The normalized spacial score (nSPS) is 17.0. The molecule has 1 aliphatic rings. The second kappa shape index (κ2) is 6.91. The van der Waals surface area contributed by atoms with Gasteiger partial charge >= 0.3 is 0 Å². The van der Waals surface area contributed by atoms with Crippen LogP contribution in [0.15, 0.2) is 69.9 Å². The number of amidine groups is 1. The molecule has 0 saturated carbocycles. The highest BCUT2D eigenvalue weighted by molar-refractivity contribution is 6.21. The number of rotatable bonds is 3. The molecule has 2 N–H and O–H groups in total. The van der Waals surface area contributed by atoms with E-state index >= 15 is 0 Å². The lowest BCUT2D eigenvalue weighted by Crippen LogP contribution is -2.38. The second-order valence-corrected chi connectivity index (χ2v) is 5.26. The van der Waals surface area contributed by atoms with Crippen LogP contribution in [0.1, 0.15) is 6.92 Å². The standard InChI is InChI=1S/C17H15N5O3/c1-11(23)18-16-15(20-19-13-9-5-6-10-14(13)24)17(25)22(21-16)12-7-3-2-4-8-12/h2-10,15,24H,1H3,(H,18,21,23)/t15-/m0/s1. The number of phenolic OH excluding ortho intramolecular Hbond substituents is 1. The van der Waals surface area contributed by atoms with Crippen molar-refractivity contribution < 1.29 is 14.7 Å². The molecule has 2 aromatic rings. The van der Waals surface area contributed by atoms with Crippen molar-refractivity contribution in [2.45, 2.75) is 13.0 Å². The number of anilines is 1. The van der Waals surface area contributed by atoms with Gasteiger partial charge in [0.1, 0.15) is 11.4 Å². The molecule has 0 aromatic heterocycles. The van der Waals surface area contributed by atoms with Crippen molar-refractivity contribution in [3.8, 4) is 5.75 Å². The van der Waals surface area contributed by atoms with Crippen LogP contribution in [0.2, 0.25) is 0 Å². The van der Waals surface area contributed by atoms with Crippen LogP contribution < -0.4 is 10.3 Å². The van der Waals surface area contributed by atoms with Crippen LogP contribution in [-0.4, -0.2) is 28.8 Å². The Morgan fingerprint density at radius 3 is 2.52 bits per heavy atom. The average molecular weight is 337 g/mol. The van der Waals surface area contributed by atoms with Crippen LogP contribution >= 0.6 is 0 Å². The van der Waals surface area contributed by atoms with Crippen molar-refractivity contribution in [2.75, 3.05) is 5.01 Å². The largest absolute Gasteiger partial charge is 0.506 e. The molecule has 126 valence electrons. The number of carbonyl (C=O) groups excluding carboxylic acids is 2. The highest BCUT2D eigenvalue weighted by atomic mass is 16.3. The SMILES string of the molecule is CC(=O)NC1=NN(c2ccccc2)C(=O)[C@H]1N=Nc1ccccc1O. The van der Waals surface area contributed by atoms with E-state index < -0.39 is 11.9 Å². The molecule has 1 heterocycles. The zero-order chi connectivity index (χ0) is 17.8. The van der Waals surface area contributed by atoms with E-state index in [2.05, 4.69) is 20.6 Å². The van der Waals surface area contributed by atoms with Gasteiger partial charge in [-0.3, -0.25) is 9.59 Å². The van der Waals surface area contributed by atoms with Crippen molar-refractivity contribution in [1.29, 1.82) is 0 Å². The third-order valence-electron chi connectivity index (χ3n) is 3.38. The summed E-state index contributed by atoms with van der Waals surface area (Å²) in [7, 11) is 0. The number of amides is 2. The minimum atomic E-state index is -1.09. The van der Waals surface area contributed by atoms with Gasteiger partial charge in [0.25, 0.3) is 5.91 Å². The number of nitrogens with one attached hydrogen (secondary N) is 1. The quantitative estimate of drug-likeness (QED) is 0.839. The maximum atomic E-state index is 12.6. The Hall–Kier alpha value is -3.55. The molecule has 0 bridgehead atoms. The Kier molecular flexibility index (Phi) is 4.51. The highest BCUT2D eigenvalue weighted by Gasteiger charge is 2.37. The predicted molar refractivity (Wildman–Crippen MR) is 91.6 cm³/mol. The van der Waals surface area contributed by atoms with Crippen LogP contribution in [0.25, 0.3) is 0 Å². The number of benzene rings is 2. The average Bonchev–Trinajstić information content (AvgIpc) is 2.90. The summed E-state index contributed by atoms with van der Waals surface area (Å²) in [5.41, 5.74) is 0.770. The molecular formula is C17H15N5O3. The Morgan fingerprint density at radius 1 is 1.16 bits per heavy atom. The smallest absolute Gasteiger partial charge is 0.282 e. The Bertz CT molecular complexity index is 864. The molecule has 1 atom stereocenters. The van der Waals surface area contributed by atoms with Crippen LogP contribution in [0.4, 0.5) is 11.4 Å². The van der Waals surface area contributed by atoms with Gasteiger partial charge in [-0.25, -0.2) is 0 Å². The summed E-state index contributed by atoms with van der Waals surface area (Å²) in [4.78, 5) is 24.0. The Morgan fingerprint density at radius 2 is 1.84 bits per heavy atom. The van der Waals surface area contributed by atoms with Crippen LogP contribution in [-0.2, 0) is 9.59 Å². The topological polar surface area (TPSA) is 107 Å². The number of nitrogens with zero attached hydrogens (tertiary/aromatic N) is 4. The summed E-state index contributed by atoms with van der Waals surface area (Å²) >= 11 is 0. The maximum Gasteiger partial charge on any atom is 0.282 e. The molecule has 1 aliphatic heterocycles. The molecule has 0 radical (unpaired) electrons. The van der Waals surface area contributed by atoms with Gasteiger partial charge in [-0.05, 0) is 24.3 Å². The van der Waals surface area contributed by atoms with Gasteiger partial charge in [0.2, 0.25) is 11.9 Å². The van der Waals surface area contributed by atoms with E-state index in [1.165, 1.54) is 18.0 Å². The van der Waals surface area contributed by atoms with E-state index in [-0.39, 0.29) is 23.2 Å². The van der Waals surface area contributed by atoms with Crippen molar-refractivity contribution in [3.05, 3.63) is 54.6 Å². The van der Waals surface area contributed by atoms with Crippen LogP contribution in [0, 0.1) is 0 Å². The second-order valence-electron chi connectivity index (χ2n) is 5.26. The molecule has 0 fully saturated rings. The first kappa shape index (κ1) is 16.3. The molecule has 2 aromatic carbocycles. The summed E-state index contributed by atoms with van der Waals surface area (Å²) in [5.74, 6) is -0.798. The van der Waals surface area contributed by atoms with Crippen LogP contribution in [0.5, 0.6) is 5.75 Å². The van der Waals surface area contributed by atoms with E-state index in [1.807, 2.05) is 6.07 Å². The molecule has 0 aliphatic carbocycles. The number of hydrogen-bond donors (Lipinski definition) is 2. The van der Waals surface area contributed by atoms with Gasteiger partial charge in [-0.1, -0.05) is 30.3 Å². The van der Waals surface area contributed by atoms with Crippen molar-refractivity contribution in [3.63, 3.8) is 0 Å². The molecule has 8 heteroatoms. The summed E-state index contributed by atoms with van der Waals surface area (Å²) in [5, 5.41) is 25.5. The number of carbonyl (C=O) groups is 2. The predicted octanol–water partition coefficient (Wildman–Crippen LogP) is 2.34. The zero-order valence-corrected chi connectivity index (χ0v) is 13.3. The first-order valence-corrected chi connectivity index (χ1v) is 7.50. The van der Waals surface area contributed by atoms with E-state index in [0.29, 0.717) is 5.69 Å². The lowest BCUT2D eigenvalue weighted by molar-refractivity contribution is -0.117. The number of hydrogen-bond acceptors (Lipinski definition) is 6. The minimum Gasteiger partial charge on any atom is -0.506 e. The van der Waals surface area contributed by atoms with E-state index in [9.17, 15) is 14.7 Å². The third-order valence-corrected chi connectivity index (χ3v) is 3.38. The van der Waals surface area contributed by atoms with Crippen molar-refractivity contribution >= 4 is 29.0 Å². The van der Waals surface area contributed by atoms with Gasteiger partial charge in [-0.15, -0.1) is 5.10 Å². The molecular weight excluding hydrogens is 322 g/mol. The first-order chi connectivity index (χ1) is 12.1. The molecule has 0 unspecified atom stereocenters. The Labute approximate surface area is 143 Å². The number of aromatic hydroxyl groups is 1. The van der Waals surface area contributed by atoms with Crippen molar-refractivity contribution in [1.82, 2.24) is 5.32 Å². The number of phenols is 1. The van der Waals surface area contributed by atoms with Crippen LogP contribution in [0.3, 0.4) is 0 Å². The molecule has 0 spiro atoms. The summed E-state index contributed by atoms with van der Waals surface area (Å²) in [6.07, 6.45) is 0. The minimum absolute atomic E-state index is 0.0605. The number of azo groups is 1. The fourth-order valence-electron chi connectivity index (χ4n) is 2.25. The number of hydrazone groups is 1. The molecule has 25 heavy (non-hydrogen) atoms.